The van der Waals surface area contributed by atoms with E-state index in [-0.39, 0.29) is 0 Å². The maximum Gasteiger partial charge on any atom is 0.0632 e. The van der Waals surface area contributed by atoms with Gasteiger partial charge in [0.2, 0.25) is 0 Å². The van der Waals surface area contributed by atoms with Gasteiger partial charge in [-0.3, -0.25) is 4.90 Å². The van der Waals surface area contributed by atoms with Crippen LogP contribution in [0.25, 0.3) is 0 Å². The second-order valence-corrected chi connectivity index (χ2v) is 4.18. The molecule has 4 heteroatoms. The number of hydrogen-bond acceptors (Lipinski definition) is 4. The summed E-state index contributed by atoms with van der Waals surface area (Å²) in [5.74, 6) is 0. The van der Waals surface area contributed by atoms with Gasteiger partial charge in [0.25, 0.3) is 0 Å². The molecule has 0 spiro atoms. The van der Waals surface area contributed by atoms with Crippen molar-refractivity contribution in [2.45, 2.75) is 18.5 Å². The average Bonchev–Trinajstić information content (AvgIpc) is 2.72. The molecule has 0 amide bonds. The summed E-state index contributed by atoms with van der Waals surface area (Å²) < 4.78 is 10.8. The highest BCUT2D eigenvalue weighted by molar-refractivity contribution is 4.79. The number of nitrogens with one attached hydrogen (secondary N) is 1. The van der Waals surface area contributed by atoms with Crippen LogP contribution in [0.1, 0.15) is 6.42 Å². The minimum atomic E-state index is 0.495. The first-order valence-corrected chi connectivity index (χ1v) is 5.45. The molecule has 4 nitrogen and oxygen atoms in total. The van der Waals surface area contributed by atoms with E-state index in [2.05, 4.69) is 17.3 Å². The van der Waals surface area contributed by atoms with Crippen LogP contribution >= 0.6 is 0 Å². The van der Waals surface area contributed by atoms with E-state index < -0.39 is 0 Å². The van der Waals surface area contributed by atoms with Crippen molar-refractivity contribution in [1.82, 2.24) is 10.2 Å². The molecule has 2 atom stereocenters. The maximum atomic E-state index is 5.43. The lowest BCUT2D eigenvalue weighted by atomic mass is 10.2. The van der Waals surface area contributed by atoms with Crippen molar-refractivity contribution in [3.8, 4) is 0 Å². The zero-order valence-corrected chi connectivity index (χ0v) is 8.87. The monoisotopic (exact) mass is 200 g/mol. The van der Waals surface area contributed by atoms with E-state index >= 15 is 0 Å². The Morgan fingerprint density at radius 3 is 2.79 bits per heavy atom. The first-order valence-electron chi connectivity index (χ1n) is 5.45. The highest BCUT2D eigenvalue weighted by Gasteiger charge is 2.23. The highest BCUT2D eigenvalue weighted by atomic mass is 16.5. The van der Waals surface area contributed by atoms with E-state index in [1.165, 1.54) is 6.42 Å². The van der Waals surface area contributed by atoms with Crippen LogP contribution in [0.3, 0.4) is 0 Å². The van der Waals surface area contributed by atoms with Gasteiger partial charge in [-0.15, -0.1) is 0 Å². The van der Waals surface area contributed by atoms with Crippen LogP contribution < -0.4 is 5.32 Å². The lowest BCUT2D eigenvalue weighted by Gasteiger charge is -2.30. The van der Waals surface area contributed by atoms with Crippen LogP contribution in [0, 0.1) is 0 Å². The predicted octanol–water partition coefficient (Wildman–Crippen LogP) is -0.304. The fourth-order valence-electron chi connectivity index (χ4n) is 2.10. The Morgan fingerprint density at radius 1 is 1.29 bits per heavy atom. The lowest BCUT2D eigenvalue weighted by Crippen LogP contribution is -2.49. The van der Waals surface area contributed by atoms with Gasteiger partial charge in [-0.05, 0) is 13.5 Å². The third-order valence-electron chi connectivity index (χ3n) is 3.04. The summed E-state index contributed by atoms with van der Waals surface area (Å²) >= 11 is 0. The van der Waals surface area contributed by atoms with Crippen molar-refractivity contribution in [2.75, 3.05) is 46.6 Å². The number of likely N-dealkylation sites (N-methyl/N-ethyl adjacent to an activating group) is 1. The SMILES string of the molecule is CN(CC1COCCN1)C1CCOC1. The Kier molecular flexibility index (Phi) is 3.75. The van der Waals surface area contributed by atoms with Crippen LogP contribution in [-0.2, 0) is 9.47 Å². The largest absolute Gasteiger partial charge is 0.380 e. The number of rotatable bonds is 3. The molecule has 2 heterocycles. The molecule has 0 aromatic carbocycles. The molecule has 2 rings (SSSR count). The zero-order valence-electron chi connectivity index (χ0n) is 8.87. The van der Waals surface area contributed by atoms with Crippen LogP contribution in [-0.4, -0.2) is 63.5 Å². The molecular formula is C10H20N2O2. The first-order chi connectivity index (χ1) is 6.86. The predicted molar refractivity (Wildman–Crippen MR) is 54.5 cm³/mol. The fraction of sp³-hybridized carbons (Fsp3) is 1.00. The number of hydrogen-bond donors (Lipinski definition) is 1. The van der Waals surface area contributed by atoms with Gasteiger partial charge in [-0.1, -0.05) is 0 Å². The molecule has 2 aliphatic rings. The Hall–Kier alpha value is -0.160. The quantitative estimate of drug-likeness (QED) is 0.678. The summed E-state index contributed by atoms with van der Waals surface area (Å²) in [5.41, 5.74) is 0. The van der Waals surface area contributed by atoms with Crippen molar-refractivity contribution in [2.24, 2.45) is 0 Å². The number of morpholine rings is 1. The molecule has 0 aromatic heterocycles. The van der Waals surface area contributed by atoms with Gasteiger partial charge in [0.15, 0.2) is 0 Å². The van der Waals surface area contributed by atoms with Crippen LogP contribution in [0.15, 0.2) is 0 Å². The van der Waals surface area contributed by atoms with Crippen molar-refractivity contribution in [1.29, 1.82) is 0 Å². The van der Waals surface area contributed by atoms with Gasteiger partial charge >= 0.3 is 0 Å². The molecule has 2 saturated heterocycles. The second-order valence-electron chi connectivity index (χ2n) is 4.18. The Morgan fingerprint density at radius 2 is 2.14 bits per heavy atom. The third kappa shape index (κ3) is 2.67. The molecule has 82 valence electrons. The molecule has 14 heavy (non-hydrogen) atoms. The molecule has 2 aliphatic heterocycles. The van der Waals surface area contributed by atoms with Gasteiger partial charge in [0.1, 0.15) is 0 Å². The van der Waals surface area contributed by atoms with Crippen LogP contribution in [0.4, 0.5) is 0 Å². The minimum absolute atomic E-state index is 0.495. The number of nitrogens with zero attached hydrogens (tertiary/aromatic N) is 1. The van der Waals surface area contributed by atoms with Crippen LogP contribution in [0.2, 0.25) is 0 Å². The normalized spacial score (nSPS) is 33.9. The van der Waals surface area contributed by atoms with Crippen molar-refractivity contribution in [3.05, 3.63) is 0 Å². The molecule has 0 radical (unpaired) electrons. The molecule has 0 saturated carbocycles. The standard InChI is InChI=1S/C10H20N2O2/c1-12(10-2-4-13-8-10)6-9-7-14-5-3-11-9/h9-11H,2-8H2,1H3. The molecule has 2 fully saturated rings. The third-order valence-corrected chi connectivity index (χ3v) is 3.04. The van der Waals surface area contributed by atoms with E-state index in [1.807, 2.05) is 0 Å². The van der Waals surface area contributed by atoms with E-state index in [9.17, 15) is 0 Å². The minimum Gasteiger partial charge on any atom is -0.380 e. The van der Waals surface area contributed by atoms with Crippen molar-refractivity contribution >= 4 is 0 Å². The maximum absolute atomic E-state index is 5.43. The topological polar surface area (TPSA) is 33.7 Å². The Labute approximate surface area is 85.5 Å². The van der Waals surface area contributed by atoms with Gasteiger partial charge in [0, 0.05) is 31.8 Å². The second kappa shape index (κ2) is 5.07. The average molecular weight is 200 g/mol. The van der Waals surface area contributed by atoms with E-state index in [0.29, 0.717) is 12.1 Å². The Bertz CT molecular complexity index is 166. The van der Waals surface area contributed by atoms with Crippen LogP contribution in [0.5, 0.6) is 0 Å². The molecule has 0 aromatic rings. The highest BCUT2D eigenvalue weighted by Crippen LogP contribution is 2.11. The van der Waals surface area contributed by atoms with Gasteiger partial charge in [-0.2, -0.15) is 0 Å². The van der Waals surface area contributed by atoms with Crippen molar-refractivity contribution < 1.29 is 9.47 Å². The van der Waals surface area contributed by atoms with Gasteiger partial charge < -0.3 is 14.8 Å². The Balaban J connectivity index is 1.72. The van der Waals surface area contributed by atoms with Gasteiger partial charge in [0.05, 0.1) is 19.8 Å². The molecule has 1 N–H and O–H groups in total. The number of ether oxygens (including phenoxy) is 2. The molecule has 2 unspecified atom stereocenters. The molecular weight excluding hydrogens is 180 g/mol. The van der Waals surface area contributed by atoms with E-state index in [4.69, 9.17) is 9.47 Å². The summed E-state index contributed by atoms with van der Waals surface area (Å²) in [6.07, 6.45) is 1.17. The lowest BCUT2D eigenvalue weighted by molar-refractivity contribution is 0.0579. The summed E-state index contributed by atoms with van der Waals surface area (Å²) in [4.78, 5) is 2.39. The summed E-state index contributed by atoms with van der Waals surface area (Å²) in [6.45, 7) is 5.56. The van der Waals surface area contributed by atoms with E-state index in [0.717, 1.165) is 39.5 Å². The molecule has 0 aliphatic carbocycles. The van der Waals surface area contributed by atoms with Gasteiger partial charge in [-0.25, -0.2) is 0 Å². The van der Waals surface area contributed by atoms with E-state index in [1.54, 1.807) is 0 Å². The molecule has 0 bridgehead atoms. The fourth-order valence-corrected chi connectivity index (χ4v) is 2.10. The zero-order chi connectivity index (χ0) is 9.80. The first kappa shape index (κ1) is 10.4. The summed E-state index contributed by atoms with van der Waals surface area (Å²) in [7, 11) is 2.18. The smallest absolute Gasteiger partial charge is 0.0632 e. The summed E-state index contributed by atoms with van der Waals surface area (Å²) in [6, 6.07) is 1.10. The van der Waals surface area contributed by atoms with Crippen molar-refractivity contribution in [3.63, 3.8) is 0 Å². The summed E-state index contributed by atoms with van der Waals surface area (Å²) in [5, 5.41) is 3.47.